The minimum atomic E-state index is -4.63. The van der Waals surface area contributed by atoms with Gasteiger partial charge in [-0.05, 0) is 43.2 Å². The average Bonchev–Trinajstić information content (AvgIpc) is 2.62. The van der Waals surface area contributed by atoms with Crippen molar-refractivity contribution in [3.05, 3.63) is 82.5 Å². The van der Waals surface area contributed by atoms with Crippen LogP contribution in [0.1, 0.15) is 36.6 Å². The molecule has 0 spiro atoms. The van der Waals surface area contributed by atoms with Gasteiger partial charge in [-0.15, -0.1) is 0 Å². The Labute approximate surface area is 160 Å². The molecule has 1 N–H and O–H groups in total. The minimum absolute atomic E-state index is 0.00236. The molecule has 4 nitrogen and oxygen atoms in total. The largest absolute Gasteiger partial charge is 0.418 e. The van der Waals surface area contributed by atoms with E-state index in [4.69, 9.17) is 17.0 Å². The first-order chi connectivity index (χ1) is 12.7. The lowest BCUT2D eigenvalue weighted by molar-refractivity contribution is -0.138. The Balaban J connectivity index is 1.95. The second-order valence-electron chi connectivity index (χ2n) is 6.19. The molecular weight excluding hydrogens is 377 g/mol. The molecule has 3 rings (SSSR count). The lowest BCUT2D eigenvalue weighted by atomic mass is 9.96. The summed E-state index contributed by atoms with van der Waals surface area (Å²) in [5, 5.41) is 10.7. The van der Waals surface area contributed by atoms with Crippen LogP contribution in [-0.2, 0) is 6.18 Å². The predicted octanol–water partition coefficient (Wildman–Crippen LogP) is 5.11. The Morgan fingerprint density at radius 2 is 1.96 bits per heavy atom. The van der Waals surface area contributed by atoms with Gasteiger partial charge in [0.15, 0.2) is 0 Å². The van der Waals surface area contributed by atoms with Gasteiger partial charge in [0, 0.05) is 42.0 Å². The first-order valence-corrected chi connectivity index (χ1v) is 8.45. The Kier molecular flexibility index (Phi) is 5.05. The number of benzene rings is 1. The lowest BCUT2D eigenvalue weighted by Crippen LogP contribution is -2.38. The number of allylic oxidation sites excluding steroid dienone is 3. The molecule has 2 heterocycles. The molecule has 0 aliphatic carbocycles. The highest BCUT2D eigenvalue weighted by Gasteiger charge is 2.37. The zero-order valence-electron chi connectivity index (χ0n) is 14.5. The maximum absolute atomic E-state index is 13.5. The van der Waals surface area contributed by atoms with Crippen molar-refractivity contribution in [1.29, 1.82) is 5.26 Å². The zero-order chi connectivity index (χ0) is 19.8. The van der Waals surface area contributed by atoms with Crippen LogP contribution in [0.3, 0.4) is 0 Å². The highest BCUT2D eigenvalue weighted by molar-refractivity contribution is 6.14. The second kappa shape index (κ2) is 7.14. The van der Waals surface area contributed by atoms with Crippen molar-refractivity contribution in [2.24, 2.45) is 0 Å². The third kappa shape index (κ3) is 3.72. The standard InChI is InChI=1S/C19H16ClF3N4/c1-12-6-9-27(17-11-26(20)8-7-15(12)17)25-13(2)16-5-3-4-14(10-24)18(16)19(21,22)23/h3-9,11,13,25H,1-2H3/t13-/m1/s1. The topological polar surface area (TPSA) is 42.3 Å². The van der Waals surface area contributed by atoms with Crippen LogP contribution in [0.2, 0.25) is 0 Å². The van der Waals surface area contributed by atoms with Gasteiger partial charge in [-0.2, -0.15) is 18.4 Å². The number of rotatable bonds is 3. The molecule has 0 saturated carbocycles. The first-order valence-electron chi connectivity index (χ1n) is 8.11. The molecule has 27 heavy (non-hydrogen) atoms. The molecule has 8 heteroatoms. The van der Waals surface area contributed by atoms with Gasteiger partial charge in [-0.25, -0.2) is 5.43 Å². The van der Waals surface area contributed by atoms with Gasteiger partial charge in [0.2, 0.25) is 0 Å². The van der Waals surface area contributed by atoms with Crippen LogP contribution in [0.5, 0.6) is 0 Å². The van der Waals surface area contributed by atoms with Crippen LogP contribution >= 0.6 is 11.8 Å². The molecule has 0 bridgehead atoms. The van der Waals surface area contributed by atoms with Gasteiger partial charge in [0.1, 0.15) is 0 Å². The molecule has 0 fully saturated rings. The van der Waals surface area contributed by atoms with Gasteiger partial charge in [0.05, 0.1) is 22.9 Å². The molecule has 2 aliphatic rings. The van der Waals surface area contributed by atoms with Crippen LogP contribution in [0.4, 0.5) is 13.2 Å². The second-order valence-corrected chi connectivity index (χ2v) is 6.58. The third-order valence-electron chi connectivity index (χ3n) is 4.36. The van der Waals surface area contributed by atoms with Crippen molar-refractivity contribution < 1.29 is 13.2 Å². The first kappa shape index (κ1) is 19.1. The highest BCUT2D eigenvalue weighted by Crippen LogP contribution is 2.38. The third-order valence-corrected chi connectivity index (χ3v) is 4.57. The van der Waals surface area contributed by atoms with Crippen LogP contribution in [0, 0.1) is 11.3 Å². The highest BCUT2D eigenvalue weighted by atomic mass is 35.5. The molecule has 1 atom stereocenters. The fourth-order valence-electron chi connectivity index (χ4n) is 3.07. The normalized spacial score (nSPS) is 17.6. The molecular formula is C19H16ClF3N4. The van der Waals surface area contributed by atoms with E-state index in [0.717, 1.165) is 11.1 Å². The van der Waals surface area contributed by atoms with Crippen LogP contribution in [0.15, 0.2) is 65.8 Å². The minimum Gasteiger partial charge on any atom is -0.282 e. The molecule has 0 aromatic heterocycles. The van der Waals surface area contributed by atoms with E-state index in [1.165, 1.54) is 22.6 Å². The summed E-state index contributed by atoms with van der Waals surface area (Å²) < 4.78 is 42.0. The number of fused-ring (bicyclic) bond motifs is 1. The summed E-state index contributed by atoms with van der Waals surface area (Å²) in [6.07, 6.45) is 4.14. The molecule has 0 unspecified atom stereocenters. The molecule has 0 radical (unpaired) electrons. The zero-order valence-corrected chi connectivity index (χ0v) is 15.3. The van der Waals surface area contributed by atoms with Gasteiger partial charge < -0.3 is 0 Å². The summed E-state index contributed by atoms with van der Waals surface area (Å²) in [5.74, 6) is 0. The Morgan fingerprint density at radius 3 is 2.63 bits per heavy atom. The van der Waals surface area contributed by atoms with Crippen LogP contribution < -0.4 is 5.43 Å². The number of hydrazine groups is 1. The number of hydrogen-bond donors (Lipinski definition) is 1. The smallest absolute Gasteiger partial charge is 0.282 e. The molecule has 2 aliphatic heterocycles. The molecule has 0 saturated heterocycles. The Hall–Kier alpha value is -2.69. The lowest BCUT2D eigenvalue weighted by Gasteiger charge is -2.34. The quantitative estimate of drug-likeness (QED) is 0.725. The van der Waals surface area contributed by atoms with Gasteiger partial charge in [0.25, 0.3) is 0 Å². The van der Waals surface area contributed by atoms with Crippen LogP contribution in [-0.4, -0.2) is 9.43 Å². The maximum Gasteiger partial charge on any atom is 0.418 e. The molecule has 0 amide bonds. The van der Waals surface area contributed by atoms with E-state index < -0.39 is 23.3 Å². The fraction of sp³-hybridized carbons (Fsp3) is 0.211. The summed E-state index contributed by atoms with van der Waals surface area (Å²) in [6.45, 7) is 3.55. The predicted molar refractivity (Wildman–Crippen MR) is 96.3 cm³/mol. The van der Waals surface area contributed by atoms with Crippen molar-refractivity contribution in [3.63, 3.8) is 0 Å². The van der Waals surface area contributed by atoms with E-state index in [9.17, 15) is 13.2 Å². The Morgan fingerprint density at radius 1 is 1.22 bits per heavy atom. The Bertz CT molecular complexity index is 922. The van der Waals surface area contributed by atoms with E-state index in [-0.39, 0.29) is 5.56 Å². The van der Waals surface area contributed by atoms with Gasteiger partial charge in [-0.1, -0.05) is 12.1 Å². The van der Waals surface area contributed by atoms with Gasteiger partial charge in [-0.3, -0.25) is 9.43 Å². The van der Waals surface area contributed by atoms with E-state index in [1.807, 2.05) is 19.1 Å². The van der Waals surface area contributed by atoms with E-state index in [0.29, 0.717) is 5.70 Å². The SMILES string of the molecule is CC1=C2C=CN(Cl)C=C2N(N[C@H](C)c2cccc(C#N)c2C(F)(F)F)C=C1. The molecule has 140 valence electrons. The van der Waals surface area contributed by atoms with Crippen molar-refractivity contribution >= 4 is 11.8 Å². The summed E-state index contributed by atoms with van der Waals surface area (Å²) in [5.41, 5.74) is 4.37. The van der Waals surface area contributed by atoms with E-state index in [2.05, 4.69) is 5.43 Å². The van der Waals surface area contributed by atoms with Crippen molar-refractivity contribution in [2.45, 2.75) is 26.1 Å². The maximum atomic E-state index is 13.5. The average molecular weight is 393 g/mol. The number of nitrogens with one attached hydrogen (secondary N) is 1. The summed E-state index contributed by atoms with van der Waals surface area (Å²) in [6, 6.07) is 4.91. The number of halogens is 4. The van der Waals surface area contributed by atoms with Gasteiger partial charge >= 0.3 is 6.18 Å². The van der Waals surface area contributed by atoms with Crippen molar-refractivity contribution in [2.75, 3.05) is 0 Å². The van der Waals surface area contributed by atoms with E-state index >= 15 is 0 Å². The van der Waals surface area contributed by atoms with E-state index in [1.54, 1.807) is 36.6 Å². The fourth-order valence-corrected chi connectivity index (χ4v) is 3.22. The number of nitriles is 1. The molecule has 1 aromatic carbocycles. The number of nitrogens with zero attached hydrogens (tertiary/aromatic N) is 3. The van der Waals surface area contributed by atoms with Crippen molar-refractivity contribution in [1.82, 2.24) is 14.9 Å². The summed E-state index contributed by atoms with van der Waals surface area (Å²) in [7, 11) is 0. The number of alkyl halides is 3. The monoisotopic (exact) mass is 392 g/mol. The van der Waals surface area contributed by atoms with Crippen molar-refractivity contribution in [3.8, 4) is 6.07 Å². The molecule has 1 aromatic rings. The number of hydrogen-bond acceptors (Lipinski definition) is 4. The summed E-state index contributed by atoms with van der Waals surface area (Å²) in [4.78, 5) is 0. The summed E-state index contributed by atoms with van der Waals surface area (Å²) >= 11 is 6.01. The van der Waals surface area contributed by atoms with Crippen LogP contribution in [0.25, 0.3) is 0 Å².